The van der Waals surface area contributed by atoms with E-state index in [0.29, 0.717) is 41.7 Å². The van der Waals surface area contributed by atoms with Gasteiger partial charge in [0.1, 0.15) is 0 Å². The first-order chi connectivity index (χ1) is 9.81. The topological polar surface area (TPSA) is 63.2 Å². The van der Waals surface area contributed by atoms with E-state index in [2.05, 4.69) is 5.32 Å². The van der Waals surface area contributed by atoms with Crippen molar-refractivity contribution in [2.75, 3.05) is 6.54 Å². The van der Waals surface area contributed by atoms with E-state index in [1.807, 2.05) is 13.8 Å². The zero-order chi connectivity index (χ0) is 16.2. The molecule has 0 fully saturated rings. The van der Waals surface area contributed by atoms with Crippen molar-refractivity contribution in [1.82, 2.24) is 5.32 Å². The number of rotatable bonds is 6. The standard InChI is InChI=1S/C17H25NO3/c1-6-9-18-17(21)10(2)7-8-14-13(5)15(19)11(3)12(4)16(14)20/h10H,6-9H2,1-5H3,(H,18,21). The molecule has 1 aliphatic rings. The third-order valence-corrected chi connectivity index (χ3v) is 4.14. The van der Waals surface area contributed by atoms with Crippen LogP contribution in [0.1, 0.15) is 53.9 Å². The third-order valence-electron chi connectivity index (χ3n) is 4.14. The molecule has 1 unspecified atom stereocenters. The van der Waals surface area contributed by atoms with E-state index in [1.165, 1.54) is 0 Å². The van der Waals surface area contributed by atoms with Gasteiger partial charge in [-0.25, -0.2) is 0 Å². The van der Waals surface area contributed by atoms with Gasteiger partial charge >= 0.3 is 0 Å². The van der Waals surface area contributed by atoms with E-state index in [1.54, 1.807) is 20.8 Å². The Kier molecular flexibility index (Phi) is 6.06. The first-order valence-corrected chi connectivity index (χ1v) is 7.55. The second kappa shape index (κ2) is 7.34. The lowest BCUT2D eigenvalue weighted by molar-refractivity contribution is -0.124. The van der Waals surface area contributed by atoms with Gasteiger partial charge in [0.25, 0.3) is 0 Å². The van der Waals surface area contributed by atoms with Crippen molar-refractivity contribution in [2.24, 2.45) is 5.92 Å². The first kappa shape index (κ1) is 17.3. The van der Waals surface area contributed by atoms with Gasteiger partial charge in [-0.1, -0.05) is 13.8 Å². The van der Waals surface area contributed by atoms with Gasteiger partial charge in [-0.15, -0.1) is 0 Å². The summed E-state index contributed by atoms with van der Waals surface area (Å²) in [5.41, 5.74) is 2.17. The SMILES string of the molecule is CCCNC(=O)C(C)CCC1=C(C)C(=O)C(C)=C(C)C1=O. The molecular weight excluding hydrogens is 266 g/mol. The predicted molar refractivity (Wildman–Crippen MR) is 82.8 cm³/mol. The maximum Gasteiger partial charge on any atom is 0.222 e. The van der Waals surface area contributed by atoms with Gasteiger partial charge < -0.3 is 5.32 Å². The molecular formula is C17H25NO3. The van der Waals surface area contributed by atoms with Crippen LogP contribution in [0, 0.1) is 5.92 Å². The van der Waals surface area contributed by atoms with Gasteiger partial charge in [-0.05, 0) is 40.0 Å². The van der Waals surface area contributed by atoms with E-state index in [-0.39, 0.29) is 23.4 Å². The van der Waals surface area contributed by atoms with Crippen LogP contribution in [0.5, 0.6) is 0 Å². The molecule has 1 atom stereocenters. The molecule has 0 aliphatic heterocycles. The molecule has 0 aromatic heterocycles. The summed E-state index contributed by atoms with van der Waals surface area (Å²) in [4.78, 5) is 36.2. The molecule has 1 rings (SSSR count). The van der Waals surface area contributed by atoms with Crippen LogP contribution < -0.4 is 5.32 Å². The summed E-state index contributed by atoms with van der Waals surface area (Å²) in [6.07, 6.45) is 1.95. The quantitative estimate of drug-likeness (QED) is 0.765. The fourth-order valence-corrected chi connectivity index (χ4v) is 2.37. The van der Waals surface area contributed by atoms with E-state index < -0.39 is 0 Å². The second-order valence-corrected chi connectivity index (χ2v) is 5.74. The summed E-state index contributed by atoms with van der Waals surface area (Å²) < 4.78 is 0. The second-order valence-electron chi connectivity index (χ2n) is 5.74. The van der Waals surface area contributed by atoms with E-state index in [0.717, 1.165) is 6.42 Å². The van der Waals surface area contributed by atoms with Crippen LogP contribution in [-0.2, 0) is 14.4 Å². The Labute approximate surface area is 126 Å². The molecule has 0 radical (unpaired) electrons. The molecule has 0 saturated carbocycles. The average Bonchev–Trinajstić information content (AvgIpc) is 2.48. The largest absolute Gasteiger partial charge is 0.356 e. The Morgan fingerprint density at radius 2 is 1.62 bits per heavy atom. The molecule has 0 bridgehead atoms. The van der Waals surface area contributed by atoms with Gasteiger partial charge in [0.05, 0.1) is 0 Å². The Balaban J connectivity index is 2.73. The van der Waals surface area contributed by atoms with Crippen LogP contribution in [-0.4, -0.2) is 24.0 Å². The van der Waals surface area contributed by atoms with Gasteiger partial charge in [-0.3, -0.25) is 14.4 Å². The van der Waals surface area contributed by atoms with Crippen LogP contribution in [0.3, 0.4) is 0 Å². The number of amides is 1. The number of carbonyl (C=O) groups is 3. The molecule has 0 heterocycles. The van der Waals surface area contributed by atoms with Crippen molar-refractivity contribution >= 4 is 17.5 Å². The smallest absolute Gasteiger partial charge is 0.222 e. The molecule has 0 aromatic rings. The minimum atomic E-state index is -0.160. The summed E-state index contributed by atoms with van der Waals surface area (Å²) >= 11 is 0. The number of carbonyl (C=O) groups excluding carboxylic acids is 3. The van der Waals surface area contributed by atoms with Crippen molar-refractivity contribution < 1.29 is 14.4 Å². The van der Waals surface area contributed by atoms with Gasteiger partial charge in [0.2, 0.25) is 5.91 Å². The third kappa shape index (κ3) is 3.90. The molecule has 21 heavy (non-hydrogen) atoms. The number of nitrogens with one attached hydrogen (secondary N) is 1. The number of hydrogen-bond acceptors (Lipinski definition) is 3. The number of ketones is 2. The minimum Gasteiger partial charge on any atom is -0.356 e. The van der Waals surface area contributed by atoms with Gasteiger partial charge in [-0.2, -0.15) is 0 Å². The summed E-state index contributed by atoms with van der Waals surface area (Å²) in [6.45, 7) is 9.61. The normalized spacial score (nSPS) is 17.4. The van der Waals surface area contributed by atoms with Crippen molar-refractivity contribution in [3.05, 3.63) is 22.3 Å². The molecule has 0 saturated heterocycles. The Morgan fingerprint density at radius 3 is 2.19 bits per heavy atom. The van der Waals surface area contributed by atoms with E-state index >= 15 is 0 Å². The van der Waals surface area contributed by atoms with Gasteiger partial charge in [0, 0.05) is 34.8 Å². The maximum absolute atomic E-state index is 12.3. The van der Waals surface area contributed by atoms with Crippen LogP contribution in [0.25, 0.3) is 0 Å². The molecule has 1 N–H and O–H groups in total. The van der Waals surface area contributed by atoms with Crippen molar-refractivity contribution in [3.8, 4) is 0 Å². The highest BCUT2D eigenvalue weighted by atomic mass is 16.2. The molecule has 4 heteroatoms. The maximum atomic E-state index is 12.3. The lowest BCUT2D eigenvalue weighted by atomic mass is 9.83. The monoisotopic (exact) mass is 291 g/mol. The van der Waals surface area contributed by atoms with Crippen LogP contribution in [0.15, 0.2) is 22.3 Å². The Bertz CT molecular complexity index is 526. The summed E-state index contributed by atoms with van der Waals surface area (Å²) in [6, 6.07) is 0. The minimum absolute atomic E-state index is 0.00753. The lowest BCUT2D eigenvalue weighted by Crippen LogP contribution is -2.30. The molecule has 1 amide bonds. The number of Topliss-reactive ketones (excluding diaryl/α,β-unsaturated/α-hetero) is 2. The van der Waals surface area contributed by atoms with Crippen LogP contribution in [0.2, 0.25) is 0 Å². The van der Waals surface area contributed by atoms with Crippen LogP contribution >= 0.6 is 0 Å². The first-order valence-electron chi connectivity index (χ1n) is 7.55. The average molecular weight is 291 g/mol. The van der Waals surface area contributed by atoms with E-state index in [9.17, 15) is 14.4 Å². The Morgan fingerprint density at radius 1 is 1.05 bits per heavy atom. The molecule has 0 aromatic carbocycles. The highest BCUT2D eigenvalue weighted by Gasteiger charge is 2.28. The fraction of sp³-hybridized carbons (Fsp3) is 0.588. The van der Waals surface area contributed by atoms with Gasteiger partial charge in [0.15, 0.2) is 11.6 Å². The number of allylic oxidation sites excluding steroid dienone is 4. The summed E-state index contributed by atoms with van der Waals surface area (Å²) in [7, 11) is 0. The summed E-state index contributed by atoms with van der Waals surface area (Å²) in [5.74, 6) is -0.254. The Hall–Kier alpha value is -1.71. The molecule has 116 valence electrons. The zero-order valence-electron chi connectivity index (χ0n) is 13.6. The van der Waals surface area contributed by atoms with Crippen molar-refractivity contribution in [3.63, 3.8) is 0 Å². The zero-order valence-corrected chi connectivity index (χ0v) is 13.6. The van der Waals surface area contributed by atoms with E-state index in [4.69, 9.17) is 0 Å². The van der Waals surface area contributed by atoms with Crippen molar-refractivity contribution in [2.45, 2.75) is 53.9 Å². The number of hydrogen-bond donors (Lipinski definition) is 1. The molecule has 4 nitrogen and oxygen atoms in total. The predicted octanol–water partition coefficient (Wildman–Crippen LogP) is 2.73. The van der Waals surface area contributed by atoms with Crippen LogP contribution in [0.4, 0.5) is 0 Å². The fourth-order valence-electron chi connectivity index (χ4n) is 2.37. The molecule has 0 spiro atoms. The lowest BCUT2D eigenvalue weighted by Gasteiger charge is -2.19. The molecule has 1 aliphatic carbocycles. The highest BCUT2D eigenvalue weighted by Crippen LogP contribution is 2.28. The highest BCUT2D eigenvalue weighted by molar-refractivity contribution is 6.24. The summed E-state index contributed by atoms with van der Waals surface area (Å²) in [5, 5.41) is 2.85. The van der Waals surface area contributed by atoms with Crippen molar-refractivity contribution in [1.29, 1.82) is 0 Å².